The lowest BCUT2D eigenvalue weighted by atomic mass is 10.2. The van der Waals surface area contributed by atoms with Crippen LogP contribution in [0.1, 0.15) is 17.0 Å². The smallest absolute Gasteiger partial charge is 0.417 e. The van der Waals surface area contributed by atoms with Gasteiger partial charge in [-0.05, 0) is 24.4 Å². The lowest BCUT2D eigenvalue weighted by Gasteiger charge is -2.35. The Morgan fingerprint density at radius 1 is 1.24 bits per heavy atom. The number of nitrogens with zero attached hydrogens (tertiary/aromatic N) is 4. The lowest BCUT2D eigenvalue weighted by Crippen LogP contribution is -2.46. The number of hydrogen-bond donors (Lipinski definition) is 0. The fourth-order valence-corrected chi connectivity index (χ4v) is 4.16. The Hall–Kier alpha value is -2.10. The molecule has 10 heteroatoms. The second-order valence-corrected chi connectivity index (χ2v) is 8.14. The molecule has 0 unspecified atom stereocenters. The number of piperazine rings is 1. The third kappa shape index (κ3) is 4.41. The largest absolute Gasteiger partial charge is 0.440 e. The van der Waals surface area contributed by atoms with E-state index in [0.29, 0.717) is 31.3 Å². The van der Waals surface area contributed by atoms with Crippen molar-refractivity contribution in [2.75, 3.05) is 31.1 Å². The summed E-state index contributed by atoms with van der Waals surface area (Å²) in [6, 6.07) is 4.86. The van der Waals surface area contributed by atoms with E-state index >= 15 is 0 Å². The van der Waals surface area contributed by atoms with Gasteiger partial charge in [-0.15, -0.1) is 11.3 Å². The molecule has 1 aliphatic heterocycles. The number of oxazole rings is 1. The van der Waals surface area contributed by atoms with Crippen LogP contribution in [-0.4, -0.2) is 41.0 Å². The molecule has 0 saturated carbocycles. The molecule has 3 aromatic heterocycles. The number of pyridine rings is 1. The van der Waals surface area contributed by atoms with Crippen molar-refractivity contribution in [3.63, 3.8) is 0 Å². The predicted molar refractivity (Wildman–Crippen MR) is 106 cm³/mol. The van der Waals surface area contributed by atoms with Crippen molar-refractivity contribution in [1.29, 1.82) is 0 Å². The average Bonchev–Trinajstić information content (AvgIpc) is 3.32. The number of alkyl halides is 3. The summed E-state index contributed by atoms with van der Waals surface area (Å²) in [5.74, 6) is 1.81. The molecule has 3 aromatic rings. The third-order valence-electron chi connectivity index (χ3n) is 4.82. The first-order valence-electron chi connectivity index (χ1n) is 9.01. The maximum absolute atomic E-state index is 12.8. The van der Waals surface area contributed by atoms with E-state index < -0.39 is 11.7 Å². The van der Waals surface area contributed by atoms with Gasteiger partial charge in [-0.25, -0.2) is 9.97 Å². The highest BCUT2D eigenvalue weighted by atomic mass is 35.5. The minimum Gasteiger partial charge on any atom is -0.440 e. The fourth-order valence-electron chi connectivity index (χ4n) is 3.23. The number of halogens is 4. The van der Waals surface area contributed by atoms with Gasteiger partial charge in [0.15, 0.2) is 0 Å². The van der Waals surface area contributed by atoms with Crippen LogP contribution in [0.4, 0.5) is 19.0 Å². The lowest BCUT2D eigenvalue weighted by molar-refractivity contribution is -0.137. The first-order chi connectivity index (χ1) is 13.8. The molecule has 5 nitrogen and oxygen atoms in total. The second kappa shape index (κ2) is 7.97. The zero-order chi connectivity index (χ0) is 20.6. The molecule has 4 rings (SSSR count). The molecule has 29 heavy (non-hydrogen) atoms. The molecule has 1 fully saturated rings. The van der Waals surface area contributed by atoms with Crippen LogP contribution in [0.15, 0.2) is 34.2 Å². The van der Waals surface area contributed by atoms with Gasteiger partial charge in [-0.2, -0.15) is 13.2 Å². The monoisotopic (exact) mass is 442 g/mol. The van der Waals surface area contributed by atoms with Crippen molar-refractivity contribution in [2.45, 2.75) is 19.6 Å². The van der Waals surface area contributed by atoms with Gasteiger partial charge in [0.05, 0.1) is 21.2 Å². The highest BCUT2D eigenvalue weighted by molar-refractivity contribution is 7.13. The Bertz CT molecular complexity index is 982. The first-order valence-corrected chi connectivity index (χ1v) is 10.3. The minimum atomic E-state index is -4.45. The van der Waals surface area contributed by atoms with Crippen LogP contribution in [0.2, 0.25) is 5.02 Å². The van der Waals surface area contributed by atoms with Crippen molar-refractivity contribution < 1.29 is 17.6 Å². The number of anilines is 1. The first kappa shape index (κ1) is 20.2. The van der Waals surface area contributed by atoms with Crippen molar-refractivity contribution in [1.82, 2.24) is 14.9 Å². The van der Waals surface area contributed by atoms with Gasteiger partial charge in [0, 0.05) is 38.9 Å². The maximum atomic E-state index is 12.8. The summed E-state index contributed by atoms with van der Waals surface area (Å²) in [6.07, 6.45) is -3.62. The number of rotatable bonds is 4. The molecule has 0 bridgehead atoms. The summed E-state index contributed by atoms with van der Waals surface area (Å²) in [5.41, 5.74) is 0.0560. The Labute approximate surface area is 174 Å². The Kier molecular flexibility index (Phi) is 5.54. The zero-order valence-corrected chi connectivity index (χ0v) is 17.1. The number of aromatic nitrogens is 2. The van der Waals surface area contributed by atoms with Crippen molar-refractivity contribution in [3.05, 3.63) is 51.8 Å². The van der Waals surface area contributed by atoms with Crippen molar-refractivity contribution in [3.8, 4) is 10.8 Å². The molecule has 1 aliphatic rings. The predicted octanol–water partition coefficient (Wildman–Crippen LogP) is 5.10. The quantitative estimate of drug-likeness (QED) is 0.562. The van der Waals surface area contributed by atoms with E-state index in [1.165, 1.54) is 0 Å². The van der Waals surface area contributed by atoms with E-state index in [1.807, 2.05) is 29.3 Å². The van der Waals surface area contributed by atoms with E-state index in [4.69, 9.17) is 16.0 Å². The van der Waals surface area contributed by atoms with Gasteiger partial charge >= 0.3 is 6.18 Å². The molecule has 1 saturated heterocycles. The van der Waals surface area contributed by atoms with E-state index in [-0.39, 0.29) is 5.02 Å². The number of aryl methyl sites for hydroxylation is 1. The Balaban J connectivity index is 1.39. The topological polar surface area (TPSA) is 45.4 Å². The zero-order valence-electron chi connectivity index (χ0n) is 15.5. The van der Waals surface area contributed by atoms with Crippen LogP contribution in [0.5, 0.6) is 0 Å². The summed E-state index contributed by atoms with van der Waals surface area (Å²) in [7, 11) is 0. The average molecular weight is 443 g/mol. The highest BCUT2D eigenvalue weighted by Gasteiger charge is 2.32. The number of hydrogen-bond acceptors (Lipinski definition) is 6. The summed E-state index contributed by atoms with van der Waals surface area (Å²) in [6.45, 7) is 5.24. The molecule has 0 radical (unpaired) electrons. The summed E-state index contributed by atoms with van der Waals surface area (Å²) < 4.78 is 44.2. The van der Waals surface area contributed by atoms with Crippen LogP contribution in [0.25, 0.3) is 10.8 Å². The molecular weight excluding hydrogens is 425 g/mol. The summed E-state index contributed by atoms with van der Waals surface area (Å²) in [4.78, 5) is 13.7. The Morgan fingerprint density at radius 2 is 2.00 bits per heavy atom. The van der Waals surface area contributed by atoms with Crippen LogP contribution in [0, 0.1) is 6.92 Å². The van der Waals surface area contributed by atoms with Gasteiger partial charge in [0.1, 0.15) is 11.6 Å². The molecule has 0 N–H and O–H groups in total. The van der Waals surface area contributed by atoms with E-state index in [1.54, 1.807) is 11.3 Å². The van der Waals surface area contributed by atoms with E-state index in [0.717, 1.165) is 41.7 Å². The van der Waals surface area contributed by atoms with Gasteiger partial charge in [-0.3, -0.25) is 4.90 Å². The number of thiophene rings is 1. The highest BCUT2D eigenvalue weighted by Crippen LogP contribution is 2.34. The summed E-state index contributed by atoms with van der Waals surface area (Å²) in [5, 5.41) is 2.00. The molecule has 0 spiro atoms. The fraction of sp³-hybridized carbons (Fsp3) is 0.368. The Morgan fingerprint density at radius 3 is 2.62 bits per heavy atom. The summed E-state index contributed by atoms with van der Waals surface area (Å²) >= 11 is 7.65. The van der Waals surface area contributed by atoms with Crippen LogP contribution in [0.3, 0.4) is 0 Å². The van der Waals surface area contributed by atoms with Crippen LogP contribution in [-0.2, 0) is 12.7 Å². The van der Waals surface area contributed by atoms with E-state index in [9.17, 15) is 13.2 Å². The third-order valence-corrected chi connectivity index (χ3v) is 5.95. The van der Waals surface area contributed by atoms with Crippen molar-refractivity contribution in [2.24, 2.45) is 0 Å². The van der Waals surface area contributed by atoms with Gasteiger partial charge < -0.3 is 9.32 Å². The van der Waals surface area contributed by atoms with Crippen molar-refractivity contribution >= 4 is 28.8 Å². The molecule has 0 atom stereocenters. The SMILES string of the molecule is Cc1oc(-c2cccs2)nc1CN1CCN(c2ncc(C(F)(F)F)cc2Cl)CC1. The van der Waals surface area contributed by atoms with Crippen LogP contribution >= 0.6 is 22.9 Å². The van der Waals surface area contributed by atoms with E-state index in [2.05, 4.69) is 14.9 Å². The molecule has 4 heterocycles. The molecule has 154 valence electrons. The van der Waals surface area contributed by atoms with Crippen LogP contribution < -0.4 is 4.90 Å². The molecule has 0 aromatic carbocycles. The molecular formula is C19H18ClF3N4OS. The molecule has 0 amide bonds. The standard InChI is InChI=1S/C19H18ClF3N4OS/c1-12-15(25-18(28-12)16-3-2-8-29-16)11-26-4-6-27(7-5-26)17-14(20)9-13(10-24-17)19(21,22)23/h2-3,8-10H,4-7,11H2,1H3. The minimum absolute atomic E-state index is 0.0150. The second-order valence-electron chi connectivity index (χ2n) is 6.79. The maximum Gasteiger partial charge on any atom is 0.417 e. The van der Waals surface area contributed by atoms with Gasteiger partial charge in [0.25, 0.3) is 0 Å². The van der Waals surface area contributed by atoms with Gasteiger partial charge in [0.2, 0.25) is 5.89 Å². The normalized spacial score (nSPS) is 15.8. The molecule has 0 aliphatic carbocycles. The van der Waals surface area contributed by atoms with Gasteiger partial charge in [-0.1, -0.05) is 17.7 Å².